The standard InChI is InChI=1S/C22H25N5O2/c1-14(2)29-22(28)18-12-25-21-17(8-10-24-21)20(18)16-11-26-27(13-16)19(7-9-23)15-5-3-4-6-15/h8,10-15,19H,3-7H2,1-2H3,(H,24,25)/t19-/m1/s1. The molecule has 0 radical (unpaired) electrons. The van der Waals surface area contributed by atoms with Crippen LogP contribution in [0.15, 0.2) is 30.9 Å². The summed E-state index contributed by atoms with van der Waals surface area (Å²) in [6.07, 6.45) is 12.0. The fraction of sp³-hybridized carbons (Fsp3) is 0.455. The third-order valence-corrected chi connectivity index (χ3v) is 5.62. The highest BCUT2D eigenvalue weighted by molar-refractivity contribution is 6.06. The first kappa shape index (κ1) is 19.2. The zero-order valence-corrected chi connectivity index (χ0v) is 16.8. The van der Waals surface area contributed by atoms with Crippen LogP contribution in [-0.2, 0) is 4.74 Å². The van der Waals surface area contributed by atoms with Gasteiger partial charge in [0.2, 0.25) is 0 Å². The number of hydrogen-bond acceptors (Lipinski definition) is 5. The van der Waals surface area contributed by atoms with E-state index < -0.39 is 5.97 Å². The Kier molecular flexibility index (Phi) is 5.34. The number of aromatic nitrogens is 4. The van der Waals surface area contributed by atoms with E-state index >= 15 is 0 Å². The molecule has 1 aliphatic carbocycles. The largest absolute Gasteiger partial charge is 0.459 e. The fourth-order valence-corrected chi connectivity index (χ4v) is 4.31. The number of carbonyl (C=O) groups is 1. The van der Waals surface area contributed by atoms with Crippen molar-refractivity contribution < 1.29 is 9.53 Å². The highest BCUT2D eigenvalue weighted by atomic mass is 16.5. The van der Waals surface area contributed by atoms with Gasteiger partial charge in [-0.2, -0.15) is 10.4 Å². The quantitative estimate of drug-likeness (QED) is 0.618. The Hall–Kier alpha value is -3.14. The van der Waals surface area contributed by atoms with Gasteiger partial charge in [0.05, 0.1) is 36.4 Å². The van der Waals surface area contributed by atoms with Gasteiger partial charge in [0, 0.05) is 35.1 Å². The molecule has 1 atom stereocenters. The molecule has 0 unspecified atom stereocenters. The van der Waals surface area contributed by atoms with Crippen LogP contribution in [0.1, 0.15) is 62.4 Å². The molecule has 3 heterocycles. The zero-order chi connectivity index (χ0) is 20.4. The van der Waals surface area contributed by atoms with Crippen molar-refractivity contribution in [2.24, 2.45) is 5.92 Å². The summed E-state index contributed by atoms with van der Waals surface area (Å²) >= 11 is 0. The van der Waals surface area contributed by atoms with Crippen LogP contribution in [0.25, 0.3) is 22.2 Å². The number of pyridine rings is 1. The monoisotopic (exact) mass is 391 g/mol. The van der Waals surface area contributed by atoms with Crippen LogP contribution in [0.2, 0.25) is 0 Å². The van der Waals surface area contributed by atoms with Crippen molar-refractivity contribution in [1.82, 2.24) is 19.7 Å². The molecule has 3 aromatic rings. The van der Waals surface area contributed by atoms with Gasteiger partial charge in [0.1, 0.15) is 5.65 Å². The lowest BCUT2D eigenvalue weighted by molar-refractivity contribution is 0.0378. The Morgan fingerprint density at radius 3 is 2.90 bits per heavy atom. The number of nitrogens with zero attached hydrogens (tertiary/aromatic N) is 4. The molecule has 3 aromatic heterocycles. The molecule has 1 saturated carbocycles. The van der Waals surface area contributed by atoms with E-state index in [1.54, 1.807) is 18.6 Å². The fourth-order valence-electron chi connectivity index (χ4n) is 4.31. The van der Waals surface area contributed by atoms with Crippen LogP contribution in [-0.4, -0.2) is 31.8 Å². The maximum Gasteiger partial charge on any atom is 0.340 e. The molecule has 29 heavy (non-hydrogen) atoms. The molecular formula is C22H25N5O2. The molecular weight excluding hydrogens is 366 g/mol. The minimum Gasteiger partial charge on any atom is -0.459 e. The van der Waals surface area contributed by atoms with Crippen LogP contribution >= 0.6 is 0 Å². The van der Waals surface area contributed by atoms with Crippen LogP contribution in [0, 0.1) is 17.2 Å². The third kappa shape index (κ3) is 3.75. The predicted molar refractivity (Wildman–Crippen MR) is 109 cm³/mol. The van der Waals surface area contributed by atoms with Crippen molar-refractivity contribution in [3.05, 3.63) is 36.4 Å². The summed E-state index contributed by atoms with van der Waals surface area (Å²) in [4.78, 5) is 20.2. The maximum absolute atomic E-state index is 12.7. The molecule has 1 fully saturated rings. The van der Waals surface area contributed by atoms with Gasteiger partial charge in [0.25, 0.3) is 0 Å². The molecule has 7 heteroatoms. The second-order valence-electron chi connectivity index (χ2n) is 7.92. The molecule has 7 nitrogen and oxygen atoms in total. The second kappa shape index (κ2) is 8.08. The number of nitriles is 1. The Balaban J connectivity index is 1.77. The van der Waals surface area contributed by atoms with Gasteiger partial charge < -0.3 is 9.72 Å². The molecule has 150 valence electrons. The van der Waals surface area contributed by atoms with Crippen molar-refractivity contribution >= 4 is 17.0 Å². The summed E-state index contributed by atoms with van der Waals surface area (Å²) in [6, 6.07) is 4.29. The average molecular weight is 391 g/mol. The van der Waals surface area contributed by atoms with E-state index in [2.05, 4.69) is 21.1 Å². The Bertz CT molecular complexity index is 1050. The summed E-state index contributed by atoms with van der Waals surface area (Å²) in [5.74, 6) is 0.0696. The van der Waals surface area contributed by atoms with E-state index in [-0.39, 0.29) is 12.1 Å². The summed E-state index contributed by atoms with van der Waals surface area (Å²) in [7, 11) is 0. The number of hydrogen-bond donors (Lipinski definition) is 1. The van der Waals surface area contributed by atoms with Crippen molar-refractivity contribution in [3.63, 3.8) is 0 Å². The molecule has 1 aliphatic rings. The Morgan fingerprint density at radius 1 is 1.38 bits per heavy atom. The Labute approximate surface area is 169 Å². The van der Waals surface area contributed by atoms with Crippen molar-refractivity contribution in [1.29, 1.82) is 5.26 Å². The van der Waals surface area contributed by atoms with Crippen molar-refractivity contribution in [3.8, 4) is 17.2 Å². The molecule has 0 spiro atoms. The predicted octanol–water partition coefficient (Wildman–Crippen LogP) is 4.64. The van der Waals surface area contributed by atoms with Gasteiger partial charge in [-0.15, -0.1) is 0 Å². The van der Waals surface area contributed by atoms with Gasteiger partial charge in [-0.25, -0.2) is 9.78 Å². The van der Waals surface area contributed by atoms with Crippen LogP contribution < -0.4 is 0 Å². The number of aromatic amines is 1. The Morgan fingerprint density at radius 2 is 2.17 bits per heavy atom. The number of rotatable bonds is 6. The molecule has 1 N–H and O–H groups in total. The van der Waals surface area contributed by atoms with E-state index in [0.717, 1.165) is 29.4 Å². The smallest absolute Gasteiger partial charge is 0.340 e. The molecule has 0 aromatic carbocycles. The van der Waals surface area contributed by atoms with Gasteiger partial charge in [-0.3, -0.25) is 4.68 Å². The number of esters is 1. The molecule has 0 bridgehead atoms. The van der Waals surface area contributed by atoms with Crippen molar-refractivity contribution in [2.75, 3.05) is 0 Å². The average Bonchev–Trinajstić information content (AvgIpc) is 3.46. The highest BCUT2D eigenvalue weighted by Gasteiger charge is 2.28. The second-order valence-corrected chi connectivity index (χ2v) is 7.92. The molecule has 4 rings (SSSR count). The lowest BCUT2D eigenvalue weighted by Crippen LogP contribution is -2.17. The highest BCUT2D eigenvalue weighted by Crippen LogP contribution is 2.37. The number of H-pyrrole nitrogens is 1. The summed E-state index contributed by atoms with van der Waals surface area (Å²) < 4.78 is 7.35. The molecule has 0 aliphatic heterocycles. The summed E-state index contributed by atoms with van der Waals surface area (Å²) in [6.45, 7) is 3.65. The number of nitrogens with one attached hydrogen (secondary N) is 1. The van der Waals surface area contributed by atoms with Gasteiger partial charge in [-0.05, 0) is 38.7 Å². The van der Waals surface area contributed by atoms with Gasteiger partial charge in [-0.1, -0.05) is 12.8 Å². The lowest BCUT2D eigenvalue weighted by Gasteiger charge is -2.21. The van der Waals surface area contributed by atoms with E-state index in [1.165, 1.54) is 12.8 Å². The normalized spacial score (nSPS) is 15.7. The summed E-state index contributed by atoms with van der Waals surface area (Å²) in [5.41, 5.74) is 2.71. The maximum atomic E-state index is 12.7. The number of fused-ring (bicyclic) bond motifs is 1. The van der Waals surface area contributed by atoms with E-state index in [9.17, 15) is 10.1 Å². The number of ether oxygens (including phenoxy) is 1. The van der Waals surface area contributed by atoms with E-state index in [0.29, 0.717) is 23.5 Å². The van der Waals surface area contributed by atoms with Gasteiger partial charge in [0.15, 0.2) is 0 Å². The number of carbonyl (C=O) groups excluding carboxylic acids is 1. The van der Waals surface area contributed by atoms with Crippen molar-refractivity contribution in [2.45, 2.75) is 58.1 Å². The van der Waals surface area contributed by atoms with E-state index in [1.807, 2.05) is 30.8 Å². The minimum absolute atomic E-state index is 0.0610. The van der Waals surface area contributed by atoms with Crippen LogP contribution in [0.3, 0.4) is 0 Å². The molecule has 0 saturated heterocycles. The first-order valence-corrected chi connectivity index (χ1v) is 10.2. The SMILES string of the molecule is CC(C)OC(=O)c1cnc2[nH]ccc2c1-c1cnn([C@H](CC#N)C2CCCC2)c1. The first-order valence-electron chi connectivity index (χ1n) is 10.2. The minimum atomic E-state index is -0.400. The van der Waals surface area contributed by atoms with E-state index in [4.69, 9.17) is 4.74 Å². The molecule has 0 amide bonds. The summed E-state index contributed by atoms with van der Waals surface area (Å²) in [5, 5.41) is 14.8. The van der Waals surface area contributed by atoms with Crippen LogP contribution in [0.5, 0.6) is 0 Å². The lowest BCUT2D eigenvalue weighted by atomic mass is 9.96. The third-order valence-electron chi connectivity index (χ3n) is 5.62. The van der Waals surface area contributed by atoms with Gasteiger partial charge >= 0.3 is 5.97 Å². The first-order chi connectivity index (χ1) is 14.1. The topological polar surface area (TPSA) is 96.6 Å². The van der Waals surface area contributed by atoms with Crippen LogP contribution in [0.4, 0.5) is 0 Å². The zero-order valence-electron chi connectivity index (χ0n) is 16.8.